The normalized spacial score (nSPS) is 24.3. The summed E-state index contributed by atoms with van der Waals surface area (Å²) in [6.45, 7) is 11.8. The topological polar surface area (TPSA) is 144 Å². The molecular formula is C15H10N4O5. The van der Waals surface area contributed by atoms with Crippen LogP contribution in [0.5, 0.6) is 0 Å². The Kier molecular flexibility index (Phi) is 7.50. The fourth-order valence-electron chi connectivity index (χ4n) is 1.86. The Labute approximate surface area is 141 Å². The van der Waals surface area contributed by atoms with Gasteiger partial charge < -0.3 is 9.47 Å². The van der Waals surface area contributed by atoms with E-state index in [0.29, 0.717) is 0 Å². The van der Waals surface area contributed by atoms with Gasteiger partial charge in [-0.2, -0.15) is 0 Å². The summed E-state index contributed by atoms with van der Waals surface area (Å²) in [5.74, 6) is -4.80. The molecule has 0 aromatic carbocycles. The van der Waals surface area contributed by atoms with Gasteiger partial charge in [-0.05, 0) is 13.8 Å². The van der Waals surface area contributed by atoms with Gasteiger partial charge in [-0.1, -0.05) is 0 Å². The standard InChI is InChI=1S/C15H10N4O5/c1-4-6-23-10(5-2)13-12(18-8(3)20)9(19-15(16)17)7-11(24-13)14(21)22/h9-10,12-13H,1-3H2/t9-,10+,12+,13-/m0/s1. The van der Waals surface area contributed by atoms with Crippen molar-refractivity contribution in [2.24, 2.45) is 4.99 Å². The van der Waals surface area contributed by atoms with Crippen LogP contribution >= 0.6 is 0 Å². The van der Waals surface area contributed by atoms with Crippen LogP contribution in [0.3, 0.4) is 0 Å². The third-order valence-corrected chi connectivity index (χ3v) is 2.68. The number of hydrogen-bond donors (Lipinski definition) is 0. The Morgan fingerprint density at radius 1 is 1.38 bits per heavy atom. The Morgan fingerprint density at radius 3 is 2.50 bits per heavy atom. The number of carbonyl (C=O) groups is 2. The number of aliphatic imine (C=N–C) groups is 1. The van der Waals surface area contributed by atoms with E-state index >= 15 is 0 Å². The molecule has 4 atom stereocenters. The van der Waals surface area contributed by atoms with Gasteiger partial charge in [-0.15, -0.1) is 11.5 Å². The molecule has 0 spiro atoms. The predicted molar refractivity (Wildman–Crippen MR) is 74.4 cm³/mol. The highest BCUT2D eigenvalue weighted by Gasteiger charge is 2.44. The third kappa shape index (κ3) is 5.41. The largest absolute Gasteiger partial charge is 0.478 e. The van der Waals surface area contributed by atoms with E-state index < -0.39 is 47.9 Å². The fraction of sp³-hybridized carbons (Fsp3) is 0.267. The first-order valence-corrected chi connectivity index (χ1v) is 6.29. The lowest BCUT2D eigenvalue weighted by atomic mass is 9.93. The summed E-state index contributed by atoms with van der Waals surface area (Å²) in [6, 6.07) is -2.67. The van der Waals surface area contributed by atoms with Crippen LogP contribution < -0.4 is 16.8 Å². The highest BCUT2D eigenvalue weighted by Crippen LogP contribution is 2.26. The molecule has 0 bridgehead atoms. The molecule has 0 saturated heterocycles. The molecule has 120 valence electrons. The lowest BCUT2D eigenvalue weighted by Gasteiger charge is -2.36. The SMILES string of the molecule is [CH2][C][C]O[C@H]([C][CH2])[C@@H]1OC(C([O])=O)=[C][C@H](N=C([N])[N])[C@H]1[N]C([CH2])=O. The molecule has 0 unspecified atom stereocenters. The molecule has 1 rings (SSSR count). The van der Waals surface area contributed by atoms with E-state index in [0.717, 1.165) is 0 Å². The average Bonchev–Trinajstić information content (AvgIpc) is 2.49. The molecule has 9 heteroatoms. The number of carbonyl (C=O) groups excluding carboxylic acids is 2. The lowest BCUT2D eigenvalue weighted by Crippen LogP contribution is -2.55. The van der Waals surface area contributed by atoms with Crippen molar-refractivity contribution in [1.82, 2.24) is 16.8 Å². The summed E-state index contributed by atoms with van der Waals surface area (Å²) in [5, 5.41) is 14.7. The zero-order valence-electron chi connectivity index (χ0n) is 12.3. The second kappa shape index (κ2) is 9.11. The lowest BCUT2D eigenvalue weighted by molar-refractivity contribution is -0.147. The van der Waals surface area contributed by atoms with Crippen LogP contribution in [0.2, 0.25) is 0 Å². The molecule has 0 fully saturated rings. The molecule has 1 heterocycles. The van der Waals surface area contributed by atoms with Gasteiger partial charge >= 0.3 is 5.97 Å². The minimum atomic E-state index is -1.75. The second-order valence-electron chi connectivity index (χ2n) is 4.25. The monoisotopic (exact) mass is 326 g/mol. The van der Waals surface area contributed by atoms with Crippen LogP contribution in [-0.2, 0) is 24.2 Å². The maximum Gasteiger partial charge on any atom is 0.420 e. The van der Waals surface area contributed by atoms with Gasteiger partial charge in [-0.25, -0.2) is 20.2 Å². The zero-order valence-corrected chi connectivity index (χ0v) is 12.3. The van der Waals surface area contributed by atoms with Crippen molar-refractivity contribution in [3.8, 4) is 0 Å². The first kappa shape index (κ1) is 19.8. The van der Waals surface area contributed by atoms with Crippen LogP contribution in [-0.4, -0.2) is 42.1 Å². The van der Waals surface area contributed by atoms with Crippen LogP contribution in [0.25, 0.3) is 0 Å². The molecule has 0 N–H and O–H groups in total. The van der Waals surface area contributed by atoms with Crippen LogP contribution in [0, 0.1) is 46.3 Å². The predicted octanol–water partition coefficient (Wildman–Crippen LogP) is -1.52. The fourth-order valence-corrected chi connectivity index (χ4v) is 1.86. The molecule has 0 saturated carbocycles. The second-order valence-corrected chi connectivity index (χ2v) is 4.25. The summed E-state index contributed by atoms with van der Waals surface area (Å²) in [4.78, 5) is 25.6. The van der Waals surface area contributed by atoms with Crippen molar-refractivity contribution in [3.63, 3.8) is 0 Å². The zero-order chi connectivity index (χ0) is 18.3. The van der Waals surface area contributed by atoms with Crippen molar-refractivity contribution < 1.29 is 24.2 Å². The summed E-state index contributed by atoms with van der Waals surface area (Å²) in [7, 11) is 0. The quantitative estimate of drug-likeness (QED) is 0.394. The summed E-state index contributed by atoms with van der Waals surface area (Å²) < 4.78 is 10.2. The molecule has 1 aliphatic heterocycles. The number of ether oxygens (including phenoxy) is 2. The van der Waals surface area contributed by atoms with Gasteiger partial charge in [0.1, 0.15) is 24.8 Å². The van der Waals surface area contributed by atoms with Gasteiger partial charge in [-0.3, -0.25) is 4.79 Å². The molecule has 1 aliphatic rings. The highest BCUT2D eigenvalue weighted by molar-refractivity contribution is 5.84. The number of nitrogens with zero attached hydrogens (tertiary/aromatic N) is 4. The van der Waals surface area contributed by atoms with Crippen molar-refractivity contribution in [1.29, 1.82) is 0 Å². The van der Waals surface area contributed by atoms with Gasteiger partial charge in [0.05, 0.1) is 0 Å². The van der Waals surface area contributed by atoms with Gasteiger partial charge in [0, 0.05) is 25.8 Å². The molecule has 0 aliphatic carbocycles. The van der Waals surface area contributed by atoms with E-state index in [4.69, 9.17) is 20.9 Å². The van der Waals surface area contributed by atoms with Crippen molar-refractivity contribution in [3.05, 3.63) is 52.1 Å². The molecule has 9 nitrogen and oxygen atoms in total. The van der Waals surface area contributed by atoms with Crippen molar-refractivity contribution in [2.45, 2.75) is 24.3 Å². The summed E-state index contributed by atoms with van der Waals surface area (Å²) >= 11 is 0. The first-order chi connectivity index (χ1) is 11.3. The molecular weight excluding hydrogens is 316 g/mol. The Hall–Kier alpha value is -2.29. The van der Waals surface area contributed by atoms with E-state index in [1.807, 2.05) is 0 Å². The number of amides is 1. The maximum atomic E-state index is 11.2. The minimum absolute atomic E-state index is 0.788. The van der Waals surface area contributed by atoms with E-state index in [1.54, 1.807) is 0 Å². The van der Waals surface area contributed by atoms with Crippen molar-refractivity contribution in [2.75, 3.05) is 0 Å². The Morgan fingerprint density at radius 2 is 2.04 bits per heavy atom. The summed E-state index contributed by atoms with van der Waals surface area (Å²) in [5.41, 5.74) is 17.9. The Bertz CT molecular complexity index is 516. The van der Waals surface area contributed by atoms with E-state index in [9.17, 15) is 14.7 Å². The molecule has 1 amide bonds. The molecule has 16 radical (unpaired) electrons. The first-order valence-electron chi connectivity index (χ1n) is 6.29. The van der Waals surface area contributed by atoms with Crippen molar-refractivity contribution >= 4 is 17.8 Å². The van der Waals surface area contributed by atoms with E-state index in [2.05, 4.69) is 56.6 Å². The maximum absolute atomic E-state index is 11.2. The van der Waals surface area contributed by atoms with E-state index in [-0.39, 0.29) is 0 Å². The minimum Gasteiger partial charge on any atom is -0.478 e. The summed E-state index contributed by atoms with van der Waals surface area (Å²) in [6.07, 6.45) is 4.30. The van der Waals surface area contributed by atoms with Crippen LogP contribution in [0.4, 0.5) is 0 Å². The van der Waals surface area contributed by atoms with Gasteiger partial charge in [0.25, 0.3) is 5.96 Å². The number of rotatable bonds is 8. The molecule has 0 aromatic rings. The van der Waals surface area contributed by atoms with E-state index in [1.165, 1.54) is 0 Å². The van der Waals surface area contributed by atoms with Gasteiger partial charge in [0.2, 0.25) is 11.7 Å². The smallest absolute Gasteiger partial charge is 0.420 e. The number of guanidine groups is 1. The number of hydrogen-bond acceptors (Lipinski definition) is 5. The molecule has 0 aromatic heterocycles. The third-order valence-electron chi connectivity index (χ3n) is 2.68. The van der Waals surface area contributed by atoms with Crippen LogP contribution in [0.15, 0.2) is 10.8 Å². The van der Waals surface area contributed by atoms with Crippen LogP contribution in [0.1, 0.15) is 0 Å². The van der Waals surface area contributed by atoms with Gasteiger partial charge in [0.15, 0.2) is 6.10 Å². The highest BCUT2D eigenvalue weighted by atomic mass is 16.6. The Balaban J connectivity index is 3.24. The molecule has 24 heavy (non-hydrogen) atoms. The average molecular weight is 326 g/mol.